The van der Waals surface area contributed by atoms with E-state index >= 15 is 0 Å². The largest absolute Gasteiger partial charge is 0.466 e. The van der Waals surface area contributed by atoms with Crippen molar-refractivity contribution in [2.24, 2.45) is 0 Å². The highest BCUT2D eigenvalue weighted by molar-refractivity contribution is 5.97. The van der Waals surface area contributed by atoms with E-state index in [1.54, 1.807) is 0 Å². The summed E-state index contributed by atoms with van der Waals surface area (Å²) in [6.07, 6.45) is 8.33. The number of carbonyl (C=O) groups excluding carboxylic acids is 2. The Kier molecular flexibility index (Phi) is 9.20. The molecule has 0 atom stereocenters. The molecule has 1 aromatic rings. The van der Waals surface area contributed by atoms with Crippen LogP contribution in [-0.2, 0) is 9.53 Å². The topological polar surface area (TPSA) is 43.4 Å². The zero-order chi connectivity index (χ0) is 16.2. The summed E-state index contributed by atoms with van der Waals surface area (Å²) in [5, 5.41) is 0. The molecule has 0 saturated heterocycles. The Morgan fingerprint density at radius 1 is 0.909 bits per heavy atom. The smallest absolute Gasteiger partial charge is 0.302 e. The minimum absolute atomic E-state index is 0.196. The molecule has 0 N–H and O–H groups in total. The van der Waals surface area contributed by atoms with Crippen molar-refractivity contribution in [3.05, 3.63) is 35.4 Å². The fourth-order valence-electron chi connectivity index (χ4n) is 2.51. The Labute approximate surface area is 134 Å². The van der Waals surface area contributed by atoms with Crippen LogP contribution in [0, 0.1) is 6.92 Å². The quantitative estimate of drug-likeness (QED) is 0.333. The molecule has 1 rings (SSSR count). The van der Waals surface area contributed by atoms with Gasteiger partial charge in [-0.3, -0.25) is 9.59 Å². The van der Waals surface area contributed by atoms with Crippen molar-refractivity contribution in [1.82, 2.24) is 0 Å². The van der Waals surface area contributed by atoms with Crippen LogP contribution in [0.4, 0.5) is 0 Å². The maximum atomic E-state index is 12.1. The molecule has 0 aromatic heterocycles. The average Bonchev–Trinajstić information content (AvgIpc) is 2.49. The Bertz CT molecular complexity index is 466. The normalized spacial score (nSPS) is 10.5. The third kappa shape index (κ3) is 7.96. The summed E-state index contributed by atoms with van der Waals surface area (Å²) in [6, 6.07) is 7.80. The van der Waals surface area contributed by atoms with Crippen LogP contribution in [0.3, 0.4) is 0 Å². The van der Waals surface area contributed by atoms with Crippen LogP contribution >= 0.6 is 0 Å². The molecule has 3 nitrogen and oxygen atoms in total. The summed E-state index contributed by atoms with van der Waals surface area (Å²) in [6.45, 7) is 3.97. The maximum Gasteiger partial charge on any atom is 0.302 e. The van der Waals surface area contributed by atoms with Gasteiger partial charge in [0.1, 0.15) is 0 Å². The Balaban J connectivity index is 1.99. The molecule has 0 amide bonds. The summed E-state index contributed by atoms with van der Waals surface area (Å²) in [5.74, 6) is 0.0674. The molecule has 0 aliphatic carbocycles. The number of ether oxygens (including phenoxy) is 1. The number of Topliss-reactive ketones (excluding diaryl/α,β-unsaturated/α-hetero) is 1. The highest BCUT2D eigenvalue weighted by Gasteiger charge is 2.07. The second-order valence-corrected chi connectivity index (χ2v) is 5.80. The first-order valence-corrected chi connectivity index (χ1v) is 8.33. The van der Waals surface area contributed by atoms with Gasteiger partial charge in [0.2, 0.25) is 0 Å². The summed E-state index contributed by atoms with van der Waals surface area (Å²) in [7, 11) is 0. The summed E-state index contributed by atoms with van der Waals surface area (Å²) < 4.78 is 4.89. The van der Waals surface area contributed by atoms with Crippen molar-refractivity contribution in [2.45, 2.75) is 65.2 Å². The lowest BCUT2D eigenvalue weighted by Gasteiger charge is -2.05. The van der Waals surface area contributed by atoms with Crippen LogP contribution in [0.2, 0.25) is 0 Å². The van der Waals surface area contributed by atoms with Crippen LogP contribution in [-0.4, -0.2) is 18.4 Å². The molecule has 0 fully saturated rings. The SMILES string of the molecule is CC(=O)OCCCCCCCCCC(=O)c1ccccc1C. The molecule has 0 unspecified atom stereocenters. The number of unbranched alkanes of at least 4 members (excludes halogenated alkanes) is 6. The molecule has 0 aliphatic heterocycles. The van der Waals surface area contributed by atoms with Gasteiger partial charge in [-0.2, -0.15) is 0 Å². The molecule has 0 bridgehead atoms. The molecule has 0 heterocycles. The van der Waals surface area contributed by atoms with Crippen LogP contribution < -0.4 is 0 Å². The van der Waals surface area contributed by atoms with Crippen LogP contribution in [0.25, 0.3) is 0 Å². The van der Waals surface area contributed by atoms with Gasteiger partial charge in [-0.25, -0.2) is 0 Å². The van der Waals surface area contributed by atoms with Gasteiger partial charge in [-0.1, -0.05) is 56.4 Å². The Hall–Kier alpha value is -1.64. The van der Waals surface area contributed by atoms with E-state index in [0.717, 1.165) is 36.8 Å². The number of ketones is 1. The molecule has 122 valence electrons. The van der Waals surface area contributed by atoms with Gasteiger partial charge < -0.3 is 4.74 Å². The van der Waals surface area contributed by atoms with Gasteiger partial charge in [0.15, 0.2) is 5.78 Å². The molecular formula is C19H28O3. The van der Waals surface area contributed by atoms with E-state index in [0.29, 0.717) is 13.0 Å². The number of carbonyl (C=O) groups is 2. The highest BCUT2D eigenvalue weighted by atomic mass is 16.5. The first-order valence-electron chi connectivity index (χ1n) is 8.33. The molecular weight excluding hydrogens is 276 g/mol. The Morgan fingerprint density at radius 2 is 1.50 bits per heavy atom. The van der Waals surface area contributed by atoms with Crippen molar-refractivity contribution < 1.29 is 14.3 Å². The number of rotatable bonds is 11. The van der Waals surface area contributed by atoms with Crippen LogP contribution in [0.15, 0.2) is 24.3 Å². The molecule has 1 aromatic carbocycles. The number of hydrogen-bond donors (Lipinski definition) is 0. The predicted molar refractivity (Wildman–Crippen MR) is 89.1 cm³/mol. The van der Waals surface area contributed by atoms with Gasteiger partial charge >= 0.3 is 5.97 Å². The molecule has 0 spiro atoms. The minimum atomic E-state index is -0.196. The summed E-state index contributed by atoms with van der Waals surface area (Å²) in [5.41, 5.74) is 1.94. The second kappa shape index (κ2) is 11.0. The molecule has 0 radical (unpaired) electrons. The van der Waals surface area contributed by atoms with E-state index in [1.165, 1.54) is 26.2 Å². The van der Waals surface area contributed by atoms with E-state index in [1.807, 2.05) is 31.2 Å². The maximum absolute atomic E-state index is 12.1. The van der Waals surface area contributed by atoms with Crippen molar-refractivity contribution in [2.75, 3.05) is 6.61 Å². The van der Waals surface area contributed by atoms with E-state index in [-0.39, 0.29) is 11.8 Å². The summed E-state index contributed by atoms with van der Waals surface area (Å²) in [4.78, 5) is 22.7. The standard InChI is InChI=1S/C19H28O3/c1-16-12-9-10-13-18(16)19(21)14-8-6-4-3-5-7-11-15-22-17(2)20/h9-10,12-13H,3-8,11,14-15H2,1-2H3. The minimum Gasteiger partial charge on any atom is -0.466 e. The first-order chi connectivity index (χ1) is 10.6. The van der Waals surface area contributed by atoms with E-state index in [4.69, 9.17) is 4.74 Å². The summed E-state index contributed by atoms with van der Waals surface area (Å²) >= 11 is 0. The van der Waals surface area contributed by atoms with E-state index in [9.17, 15) is 9.59 Å². The zero-order valence-corrected chi connectivity index (χ0v) is 13.9. The zero-order valence-electron chi connectivity index (χ0n) is 13.9. The van der Waals surface area contributed by atoms with E-state index < -0.39 is 0 Å². The molecule has 22 heavy (non-hydrogen) atoms. The third-order valence-electron chi connectivity index (χ3n) is 3.80. The Morgan fingerprint density at radius 3 is 2.14 bits per heavy atom. The van der Waals surface area contributed by atoms with Crippen LogP contribution in [0.5, 0.6) is 0 Å². The molecule has 3 heteroatoms. The van der Waals surface area contributed by atoms with Gasteiger partial charge in [-0.15, -0.1) is 0 Å². The predicted octanol–water partition coefficient (Wildman–Crippen LogP) is 4.86. The highest BCUT2D eigenvalue weighted by Crippen LogP contribution is 2.14. The van der Waals surface area contributed by atoms with Crippen molar-refractivity contribution in [1.29, 1.82) is 0 Å². The van der Waals surface area contributed by atoms with Gasteiger partial charge in [-0.05, 0) is 25.3 Å². The third-order valence-corrected chi connectivity index (χ3v) is 3.80. The fourth-order valence-corrected chi connectivity index (χ4v) is 2.51. The second-order valence-electron chi connectivity index (χ2n) is 5.80. The average molecular weight is 304 g/mol. The number of aryl methyl sites for hydroxylation is 1. The van der Waals surface area contributed by atoms with Crippen molar-refractivity contribution in [3.8, 4) is 0 Å². The molecule has 0 aliphatic rings. The van der Waals surface area contributed by atoms with Gasteiger partial charge in [0, 0.05) is 18.9 Å². The first kappa shape index (κ1) is 18.4. The monoisotopic (exact) mass is 304 g/mol. The van der Waals surface area contributed by atoms with Crippen molar-refractivity contribution >= 4 is 11.8 Å². The van der Waals surface area contributed by atoms with Crippen molar-refractivity contribution in [3.63, 3.8) is 0 Å². The van der Waals surface area contributed by atoms with Gasteiger partial charge in [0.25, 0.3) is 0 Å². The van der Waals surface area contributed by atoms with E-state index in [2.05, 4.69) is 0 Å². The lowest BCUT2D eigenvalue weighted by atomic mass is 10.00. The number of benzene rings is 1. The fraction of sp³-hybridized carbons (Fsp3) is 0.579. The van der Waals surface area contributed by atoms with Crippen LogP contribution in [0.1, 0.15) is 74.2 Å². The number of hydrogen-bond acceptors (Lipinski definition) is 3. The number of esters is 1. The lowest BCUT2D eigenvalue weighted by molar-refractivity contribution is -0.141. The van der Waals surface area contributed by atoms with Gasteiger partial charge in [0.05, 0.1) is 6.61 Å². The molecule has 0 saturated carbocycles. The lowest BCUT2D eigenvalue weighted by Crippen LogP contribution is -2.01.